The molecule has 0 radical (unpaired) electrons. The van der Waals surface area contributed by atoms with Crippen LogP contribution in [0.1, 0.15) is 22.4 Å². The number of methoxy groups -OCH3 is 1. The molecule has 6 heteroatoms. The van der Waals surface area contributed by atoms with Crippen LogP contribution in [0.25, 0.3) is 11.0 Å². The summed E-state index contributed by atoms with van der Waals surface area (Å²) in [6.45, 7) is 0. The third kappa shape index (κ3) is 3.93. The number of pyridine rings is 3. The van der Waals surface area contributed by atoms with Crippen molar-refractivity contribution in [1.82, 2.24) is 19.9 Å². The summed E-state index contributed by atoms with van der Waals surface area (Å²) >= 11 is 6.45. The number of halogens is 1. The van der Waals surface area contributed by atoms with Gasteiger partial charge in [-0.2, -0.15) is 0 Å². The van der Waals surface area contributed by atoms with E-state index in [-0.39, 0.29) is 0 Å². The Labute approximate surface area is 162 Å². The fraction of sp³-hybridized carbons (Fsp3) is 0.190. The van der Waals surface area contributed by atoms with Gasteiger partial charge in [-0.3, -0.25) is 0 Å². The molecule has 27 heavy (non-hydrogen) atoms. The van der Waals surface area contributed by atoms with Crippen LogP contribution in [0.3, 0.4) is 0 Å². The first kappa shape index (κ1) is 17.5. The second kappa shape index (κ2) is 7.76. The number of ether oxygens (including phenoxy) is 1. The largest absolute Gasteiger partial charge is 0.481 e. The van der Waals surface area contributed by atoms with Crippen molar-refractivity contribution >= 4 is 22.6 Å². The van der Waals surface area contributed by atoms with Gasteiger partial charge in [0.25, 0.3) is 0 Å². The quantitative estimate of drug-likeness (QED) is 0.505. The molecule has 0 saturated heterocycles. The number of aromatic nitrogens is 4. The van der Waals surface area contributed by atoms with Crippen molar-refractivity contribution in [2.45, 2.75) is 19.3 Å². The third-order valence-electron chi connectivity index (χ3n) is 4.58. The van der Waals surface area contributed by atoms with Gasteiger partial charge in [-0.25, -0.2) is 15.0 Å². The molecule has 4 aromatic rings. The van der Waals surface area contributed by atoms with Gasteiger partial charge in [0.05, 0.1) is 7.11 Å². The van der Waals surface area contributed by atoms with E-state index in [1.54, 1.807) is 13.3 Å². The van der Waals surface area contributed by atoms with E-state index in [0.29, 0.717) is 11.0 Å². The van der Waals surface area contributed by atoms with E-state index in [4.69, 9.17) is 16.3 Å². The van der Waals surface area contributed by atoms with Crippen molar-refractivity contribution in [2.24, 2.45) is 0 Å². The number of H-pyrrole nitrogens is 1. The number of nitrogens with zero attached hydrogens (tertiary/aromatic N) is 3. The minimum absolute atomic E-state index is 0.554. The van der Waals surface area contributed by atoms with Crippen LogP contribution in [0, 0.1) is 0 Å². The van der Waals surface area contributed by atoms with Crippen LogP contribution in [0.15, 0.2) is 55.0 Å². The van der Waals surface area contributed by atoms with Crippen molar-refractivity contribution < 1.29 is 4.74 Å². The van der Waals surface area contributed by atoms with Gasteiger partial charge in [0, 0.05) is 42.2 Å². The molecule has 0 aliphatic rings. The number of aryl methyl sites for hydroxylation is 2. The molecule has 0 spiro atoms. The Balaban J connectivity index is 1.45. The van der Waals surface area contributed by atoms with Crippen LogP contribution in [0.4, 0.5) is 0 Å². The molecular formula is C21H19ClN4O. The van der Waals surface area contributed by atoms with Crippen LogP contribution in [-0.4, -0.2) is 27.0 Å². The molecule has 0 atom stereocenters. The number of hydrogen-bond acceptors (Lipinski definition) is 4. The highest BCUT2D eigenvalue weighted by molar-refractivity contribution is 6.30. The second-order valence-electron chi connectivity index (χ2n) is 6.35. The Morgan fingerprint density at radius 3 is 2.74 bits per heavy atom. The maximum atomic E-state index is 6.45. The van der Waals surface area contributed by atoms with Gasteiger partial charge in [0.15, 0.2) is 0 Å². The lowest BCUT2D eigenvalue weighted by Gasteiger charge is -2.07. The molecule has 136 valence electrons. The molecule has 5 nitrogen and oxygen atoms in total. The molecule has 0 amide bonds. The molecular weight excluding hydrogens is 360 g/mol. The highest BCUT2D eigenvalue weighted by atomic mass is 35.5. The molecule has 0 bridgehead atoms. The molecule has 0 aromatic carbocycles. The molecule has 0 unspecified atom stereocenters. The summed E-state index contributed by atoms with van der Waals surface area (Å²) in [7, 11) is 1.61. The van der Waals surface area contributed by atoms with E-state index in [2.05, 4.69) is 32.1 Å². The van der Waals surface area contributed by atoms with E-state index < -0.39 is 0 Å². The molecule has 4 heterocycles. The summed E-state index contributed by atoms with van der Waals surface area (Å²) < 4.78 is 5.08. The van der Waals surface area contributed by atoms with E-state index in [9.17, 15) is 0 Å². The molecule has 0 fully saturated rings. The fourth-order valence-corrected chi connectivity index (χ4v) is 3.33. The summed E-state index contributed by atoms with van der Waals surface area (Å²) in [6.07, 6.45) is 7.99. The Morgan fingerprint density at radius 1 is 1.04 bits per heavy atom. The monoisotopic (exact) mass is 378 g/mol. The average Bonchev–Trinajstić information content (AvgIpc) is 3.11. The summed E-state index contributed by atoms with van der Waals surface area (Å²) in [5, 5.41) is 1.67. The highest BCUT2D eigenvalue weighted by Crippen LogP contribution is 2.23. The van der Waals surface area contributed by atoms with Crippen molar-refractivity contribution in [3.8, 4) is 5.88 Å². The van der Waals surface area contributed by atoms with Crippen LogP contribution < -0.4 is 4.74 Å². The summed E-state index contributed by atoms with van der Waals surface area (Å²) in [6, 6.07) is 12.0. The molecule has 4 aromatic heterocycles. The smallest absolute Gasteiger partial charge is 0.212 e. The van der Waals surface area contributed by atoms with Gasteiger partial charge in [0.1, 0.15) is 10.8 Å². The lowest BCUT2D eigenvalue weighted by molar-refractivity contribution is 0.397. The van der Waals surface area contributed by atoms with E-state index >= 15 is 0 Å². The first-order chi connectivity index (χ1) is 13.2. The van der Waals surface area contributed by atoms with Gasteiger partial charge < -0.3 is 9.72 Å². The van der Waals surface area contributed by atoms with Gasteiger partial charge in [-0.05, 0) is 47.7 Å². The number of aromatic amines is 1. The minimum atomic E-state index is 0.554. The number of nitrogens with one attached hydrogen (secondary N) is 1. The summed E-state index contributed by atoms with van der Waals surface area (Å²) in [5.74, 6) is 0.622. The topological polar surface area (TPSA) is 63.7 Å². The Morgan fingerprint density at radius 2 is 1.96 bits per heavy atom. The predicted molar refractivity (Wildman–Crippen MR) is 106 cm³/mol. The first-order valence-electron chi connectivity index (χ1n) is 8.77. The number of rotatable bonds is 6. The highest BCUT2D eigenvalue weighted by Gasteiger charge is 2.09. The fourth-order valence-electron chi connectivity index (χ4n) is 3.09. The van der Waals surface area contributed by atoms with E-state index in [1.807, 2.05) is 36.7 Å². The average molecular weight is 379 g/mol. The molecule has 0 aliphatic heterocycles. The molecule has 4 rings (SSSR count). The van der Waals surface area contributed by atoms with E-state index in [1.165, 1.54) is 5.56 Å². The summed E-state index contributed by atoms with van der Waals surface area (Å²) in [4.78, 5) is 16.3. The van der Waals surface area contributed by atoms with Crippen LogP contribution >= 0.6 is 11.6 Å². The maximum Gasteiger partial charge on any atom is 0.212 e. The van der Waals surface area contributed by atoms with Gasteiger partial charge in [-0.1, -0.05) is 23.7 Å². The van der Waals surface area contributed by atoms with Crippen molar-refractivity contribution in [1.29, 1.82) is 0 Å². The number of fused-ring (bicyclic) bond motifs is 1. The molecule has 1 N–H and O–H groups in total. The zero-order valence-corrected chi connectivity index (χ0v) is 15.7. The SMILES string of the molecule is COc1ccc(CCc2ccc(Cc3c[nH]c4ncccc34)c(Cl)n2)cn1. The number of hydrogen-bond donors (Lipinski definition) is 1. The standard InChI is InChI=1S/C21H19ClN4O/c1-27-19-9-5-14(12-24-19)4-7-17-8-6-15(20(22)26-17)11-16-13-25-21-18(16)3-2-10-23-21/h2-3,5-6,8-10,12-13H,4,7,11H2,1H3,(H,23,25). The molecule has 0 aliphatic carbocycles. The van der Waals surface area contributed by atoms with Gasteiger partial charge in [-0.15, -0.1) is 0 Å². The van der Waals surface area contributed by atoms with Crippen molar-refractivity contribution in [3.63, 3.8) is 0 Å². The van der Waals surface area contributed by atoms with Crippen molar-refractivity contribution in [2.75, 3.05) is 7.11 Å². The zero-order valence-electron chi connectivity index (χ0n) is 14.9. The Hall–Kier alpha value is -2.92. The summed E-state index contributed by atoms with van der Waals surface area (Å²) in [5.41, 5.74) is 5.18. The second-order valence-corrected chi connectivity index (χ2v) is 6.71. The molecule has 0 saturated carbocycles. The Bertz CT molecular complexity index is 1060. The van der Waals surface area contributed by atoms with Gasteiger partial charge >= 0.3 is 0 Å². The van der Waals surface area contributed by atoms with Crippen LogP contribution in [0.5, 0.6) is 5.88 Å². The predicted octanol–water partition coefficient (Wildman–Crippen LogP) is 4.39. The lowest BCUT2D eigenvalue weighted by Crippen LogP contribution is -1.99. The maximum absolute atomic E-state index is 6.45. The van der Waals surface area contributed by atoms with E-state index in [0.717, 1.165) is 47.1 Å². The Kier molecular flexibility index (Phi) is 5.03. The van der Waals surface area contributed by atoms with Gasteiger partial charge in [0.2, 0.25) is 5.88 Å². The van der Waals surface area contributed by atoms with Crippen LogP contribution in [0.2, 0.25) is 5.15 Å². The zero-order chi connectivity index (χ0) is 18.6. The first-order valence-corrected chi connectivity index (χ1v) is 9.15. The third-order valence-corrected chi connectivity index (χ3v) is 4.91. The van der Waals surface area contributed by atoms with Crippen LogP contribution in [-0.2, 0) is 19.3 Å². The van der Waals surface area contributed by atoms with Crippen molar-refractivity contribution in [3.05, 3.63) is 82.5 Å². The lowest BCUT2D eigenvalue weighted by atomic mass is 10.1. The minimum Gasteiger partial charge on any atom is -0.481 e. The normalized spacial score (nSPS) is 11.0.